The molecule has 2 aromatic heterocycles. The van der Waals surface area contributed by atoms with Crippen LogP contribution < -0.4 is 10.1 Å². The number of carbonyl (C=O) groups excluding carboxylic acids is 3. The first-order chi connectivity index (χ1) is 16.2. The highest BCUT2D eigenvalue weighted by molar-refractivity contribution is 7.18. The van der Waals surface area contributed by atoms with E-state index >= 15 is 0 Å². The van der Waals surface area contributed by atoms with E-state index in [-0.39, 0.29) is 40.6 Å². The van der Waals surface area contributed by atoms with Gasteiger partial charge in [-0.2, -0.15) is 5.10 Å². The smallest absolute Gasteiger partial charge is 0.348 e. The molecule has 11 heteroatoms. The van der Waals surface area contributed by atoms with Crippen molar-refractivity contribution in [3.8, 4) is 5.75 Å². The number of carbonyl (C=O) groups is 3. The molecule has 0 aliphatic rings. The molecule has 1 amide bonds. The molecule has 0 bridgehead atoms. The van der Waals surface area contributed by atoms with E-state index in [1.165, 1.54) is 16.9 Å². The van der Waals surface area contributed by atoms with Gasteiger partial charge in [0.1, 0.15) is 21.3 Å². The first-order valence-electron chi connectivity index (χ1n) is 10.4. The maximum Gasteiger partial charge on any atom is 0.348 e. The van der Waals surface area contributed by atoms with E-state index in [0.717, 1.165) is 11.3 Å². The van der Waals surface area contributed by atoms with Crippen molar-refractivity contribution in [2.24, 2.45) is 0 Å². The molecule has 0 saturated heterocycles. The van der Waals surface area contributed by atoms with Gasteiger partial charge in [0, 0.05) is 11.2 Å². The van der Waals surface area contributed by atoms with Crippen molar-refractivity contribution < 1.29 is 28.6 Å². The average molecular weight is 506 g/mol. The Labute approximate surface area is 205 Å². The molecule has 0 aliphatic heterocycles. The molecule has 0 atom stereocenters. The summed E-state index contributed by atoms with van der Waals surface area (Å²) in [4.78, 5) is 38.4. The molecule has 34 heavy (non-hydrogen) atoms. The van der Waals surface area contributed by atoms with E-state index < -0.39 is 17.8 Å². The van der Waals surface area contributed by atoms with Crippen molar-refractivity contribution >= 4 is 45.8 Å². The Hall–Kier alpha value is -3.37. The van der Waals surface area contributed by atoms with Crippen LogP contribution in [0.1, 0.15) is 56.9 Å². The fourth-order valence-electron chi connectivity index (χ4n) is 2.97. The minimum Gasteiger partial charge on any atom is -0.471 e. The molecule has 0 spiro atoms. The maximum absolute atomic E-state index is 13.1. The van der Waals surface area contributed by atoms with Crippen molar-refractivity contribution in [1.29, 1.82) is 0 Å². The normalized spacial score (nSPS) is 10.8. The number of ether oxygens (including phenoxy) is 3. The zero-order valence-corrected chi connectivity index (χ0v) is 20.7. The molecule has 2 heterocycles. The van der Waals surface area contributed by atoms with Crippen LogP contribution in [0.15, 0.2) is 36.5 Å². The van der Waals surface area contributed by atoms with Crippen LogP contribution in [0.3, 0.4) is 0 Å². The van der Waals surface area contributed by atoms with Crippen LogP contribution in [0, 0.1) is 6.92 Å². The lowest BCUT2D eigenvalue weighted by molar-refractivity contribution is 0.0379. The largest absolute Gasteiger partial charge is 0.471 e. The minimum absolute atomic E-state index is 0.0306. The highest BCUT2D eigenvalue weighted by Crippen LogP contribution is 2.35. The summed E-state index contributed by atoms with van der Waals surface area (Å²) in [6.07, 6.45) is 1.07. The van der Waals surface area contributed by atoms with Gasteiger partial charge in [-0.15, -0.1) is 11.3 Å². The van der Waals surface area contributed by atoms with Crippen molar-refractivity contribution in [3.63, 3.8) is 0 Å². The quantitative estimate of drug-likeness (QED) is 0.410. The number of esters is 2. The predicted molar refractivity (Wildman–Crippen MR) is 128 cm³/mol. The molecule has 1 N–H and O–H groups in total. The fourth-order valence-corrected chi connectivity index (χ4v) is 4.18. The lowest BCUT2D eigenvalue weighted by Gasteiger charge is -2.12. The standard InChI is InChI=1S/C23H24ClN3O6S/c1-5-31-23(30)19-14(4)18(22(29)33-13(2)3)21(34-19)26-20(28)17-10-11-25-27(17)12-32-16-8-6-15(24)7-9-16/h6-11,13H,5,12H2,1-4H3,(H,26,28). The number of halogens is 1. The zero-order valence-electron chi connectivity index (χ0n) is 19.1. The third-order valence-electron chi connectivity index (χ3n) is 4.50. The van der Waals surface area contributed by atoms with Crippen LogP contribution in [0.5, 0.6) is 5.75 Å². The number of aromatic nitrogens is 2. The van der Waals surface area contributed by atoms with E-state index in [4.69, 9.17) is 25.8 Å². The van der Waals surface area contributed by atoms with Crippen molar-refractivity contribution in [1.82, 2.24) is 9.78 Å². The summed E-state index contributed by atoms with van der Waals surface area (Å²) in [5, 5.41) is 7.59. The van der Waals surface area contributed by atoms with E-state index in [2.05, 4.69) is 10.4 Å². The summed E-state index contributed by atoms with van der Waals surface area (Å²) in [6.45, 7) is 6.87. The first kappa shape index (κ1) is 25.3. The van der Waals surface area contributed by atoms with Gasteiger partial charge in [0.05, 0.1) is 18.3 Å². The van der Waals surface area contributed by atoms with E-state index in [9.17, 15) is 14.4 Å². The Balaban J connectivity index is 1.84. The zero-order chi connectivity index (χ0) is 24.8. The number of hydrogen-bond acceptors (Lipinski definition) is 8. The topological polar surface area (TPSA) is 109 Å². The number of amides is 1. The van der Waals surface area contributed by atoms with Gasteiger partial charge in [-0.05, 0) is 63.6 Å². The van der Waals surface area contributed by atoms with Crippen LogP contribution in [0.25, 0.3) is 0 Å². The summed E-state index contributed by atoms with van der Waals surface area (Å²) < 4.78 is 17.4. The minimum atomic E-state index is -0.644. The SMILES string of the molecule is CCOC(=O)c1sc(NC(=O)c2ccnn2COc2ccc(Cl)cc2)c(C(=O)OC(C)C)c1C. The van der Waals surface area contributed by atoms with Crippen molar-refractivity contribution in [2.75, 3.05) is 11.9 Å². The van der Waals surface area contributed by atoms with Crippen molar-refractivity contribution in [3.05, 3.63) is 63.2 Å². The molecular weight excluding hydrogens is 482 g/mol. The number of anilines is 1. The molecule has 0 saturated carbocycles. The Morgan fingerprint density at radius 1 is 1.15 bits per heavy atom. The van der Waals surface area contributed by atoms with Gasteiger partial charge in [-0.25, -0.2) is 14.3 Å². The van der Waals surface area contributed by atoms with Crippen molar-refractivity contribution in [2.45, 2.75) is 40.5 Å². The third-order valence-corrected chi connectivity index (χ3v) is 5.94. The van der Waals surface area contributed by atoms with Crippen LogP contribution in [-0.4, -0.2) is 40.3 Å². The highest BCUT2D eigenvalue weighted by atomic mass is 35.5. The second-order valence-corrected chi connectivity index (χ2v) is 8.79. The molecule has 3 rings (SSSR count). The van der Waals surface area contributed by atoms with Gasteiger partial charge in [0.25, 0.3) is 5.91 Å². The first-order valence-corrected chi connectivity index (χ1v) is 11.6. The highest BCUT2D eigenvalue weighted by Gasteiger charge is 2.28. The summed E-state index contributed by atoms with van der Waals surface area (Å²) in [6, 6.07) is 8.28. The number of nitrogens with one attached hydrogen (secondary N) is 1. The third kappa shape index (κ3) is 5.95. The number of rotatable bonds is 9. The van der Waals surface area contributed by atoms with Crippen LogP contribution in [0.2, 0.25) is 5.02 Å². The molecule has 9 nitrogen and oxygen atoms in total. The Kier molecular flexibility index (Phi) is 8.30. The van der Waals surface area contributed by atoms with E-state index in [1.54, 1.807) is 52.0 Å². The lowest BCUT2D eigenvalue weighted by atomic mass is 10.1. The molecule has 180 valence electrons. The lowest BCUT2D eigenvalue weighted by Crippen LogP contribution is -2.21. The molecule has 0 aliphatic carbocycles. The molecule has 0 radical (unpaired) electrons. The molecular formula is C23H24ClN3O6S. The maximum atomic E-state index is 13.1. The van der Waals surface area contributed by atoms with Crippen LogP contribution in [-0.2, 0) is 16.2 Å². The summed E-state index contributed by atoms with van der Waals surface area (Å²) >= 11 is 6.83. The fraction of sp³-hybridized carbons (Fsp3) is 0.304. The van der Waals surface area contributed by atoms with Gasteiger partial charge in [0.2, 0.25) is 0 Å². The predicted octanol–water partition coefficient (Wildman–Crippen LogP) is 4.94. The van der Waals surface area contributed by atoms with Gasteiger partial charge >= 0.3 is 11.9 Å². The van der Waals surface area contributed by atoms with Crippen LogP contribution in [0.4, 0.5) is 5.00 Å². The molecule has 3 aromatic rings. The van der Waals surface area contributed by atoms with Gasteiger partial charge < -0.3 is 19.5 Å². The number of nitrogens with zero attached hydrogens (tertiary/aromatic N) is 2. The van der Waals surface area contributed by atoms with Gasteiger partial charge in [-0.1, -0.05) is 11.6 Å². The second-order valence-electron chi connectivity index (χ2n) is 7.33. The number of thiophene rings is 1. The summed E-state index contributed by atoms with van der Waals surface area (Å²) in [5.74, 6) is -1.20. The van der Waals surface area contributed by atoms with Gasteiger partial charge in [0.15, 0.2) is 6.73 Å². The average Bonchev–Trinajstić information content (AvgIpc) is 3.37. The Morgan fingerprint density at radius 2 is 1.85 bits per heavy atom. The molecule has 0 unspecified atom stereocenters. The monoisotopic (exact) mass is 505 g/mol. The second kappa shape index (κ2) is 11.2. The molecule has 1 aromatic carbocycles. The Bertz CT molecular complexity index is 1190. The Morgan fingerprint density at radius 3 is 2.50 bits per heavy atom. The van der Waals surface area contributed by atoms with E-state index in [1.807, 2.05) is 0 Å². The van der Waals surface area contributed by atoms with E-state index in [0.29, 0.717) is 16.3 Å². The summed E-state index contributed by atoms with van der Waals surface area (Å²) in [5.41, 5.74) is 0.684. The van der Waals surface area contributed by atoms with Gasteiger partial charge in [-0.3, -0.25) is 4.79 Å². The summed E-state index contributed by atoms with van der Waals surface area (Å²) in [7, 11) is 0. The number of hydrogen-bond donors (Lipinski definition) is 1. The van der Waals surface area contributed by atoms with Crippen LogP contribution >= 0.6 is 22.9 Å². The number of benzene rings is 1. The molecule has 0 fully saturated rings.